The second kappa shape index (κ2) is 8.15. The number of anilines is 1. The second-order valence-electron chi connectivity index (χ2n) is 6.95. The van der Waals surface area contributed by atoms with Crippen LogP contribution in [-0.4, -0.2) is 23.9 Å². The normalized spacial score (nSPS) is 12.5. The van der Waals surface area contributed by atoms with E-state index in [2.05, 4.69) is 5.32 Å². The lowest BCUT2D eigenvalue weighted by atomic mass is 10.2. The molecule has 0 radical (unpaired) electrons. The highest BCUT2D eigenvalue weighted by Crippen LogP contribution is 2.51. The first-order chi connectivity index (χ1) is 10.9. The lowest BCUT2D eigenvalue weighted by Crippen LogP contribution is -2.29. The topological polar surface area (TPSA) is 73.9 Å². The number of hydrogen-bond donors (Lipinski definition) is 1. The van der Waals surface area contributed by atoms with Gasteiger partial charge in [0.15, 0.2) is 0 Å². The van der Waals surface area contributed by atoms with Crippen molar-refractivity contribution in [2.45, 2.75) is 66.3 Å². The molecule has 0 bridgehead atoms. The summed E-state index contributed by atoms with van der Waals surface area (Å²) in [6.07, 6.45) is -1.23. The highest BCUT2D eigenvalue weighted by molar-refractivity contribution is 7.62. The third-order valence-electron chi connectivity index (χ3n) is 2.53. The summed E-state index contributed by atoms with van der Waals surface area (Å²) in [5.74, 6) is 0. The van der Waals surface area contributed by atoms with Gasteiger partial charge in [-0.05, 0) is 60.6 Å². The largest absolute Gasteiger partial charge is 0.444 e. The number of amides is 1. The van der Waals surface area contributed by atoms with Crippen molar-refractivity contribution >= 4 is 24.7 Å². The molecule has 0 saturated heterocycles. The van der Waals surface area contributed by atoms with Gasteiger partial charge in [-0.1, -0.05) is 12.1 Å². The van der Waals surface area contributed by atoms with Crippen molar-refractivity contribution in [3.8, 4) is 0 Å². The standard InChI is InChI=1S/C17H28NO5P/c1-12(2)22-24(20,23-13(3)4)15-11-9-8-10-14(15)18-16(19)21-17(5,6)7/h8-13H,1-7H3,(H,18,19). The van der Waals surface area contributed by atoms with Crippen LogP contribution in [-0.2, 0) is 18.3 Å². The molecule has 0 atom stereocenters. The zero-order valence-electron chi connectivity index (χ0n) is 15.5. The van der Waals surface area contributed by atoms with Gasteiger partial charge in [-0.2, -0.15) is 0 Å². The predicted octanol–water partition coefficient (Wildman–Crippen LogP) is 4.70. The molecule has 0 unspecified atom stereocenters. The van der Waals surface area contributed by atoms with Crippen LogP contribution in [0, 0.1) is 0 Å². The number of benzene rings is 1. The van der Waals surface area contributed by atoms with Gasteiger partial charge in [0, 0.05) is 0 Å². The van der Waals surface area contributed by atoms with Gasteiger partial charge in [-0.3, -0.25) is 9.88 Å². The Balaban J connectivity index is 3.18. The van der Waals surface area contributed by atoms with Crippen molar-refractivity contribution in [3.05, 3.63) is 24.3 Å². The number of ether oxygens (including phenoxy) is 1. The molecule has 1 aromatic rings. The Bertz CT molecular complexity index is 593. The fourth-order valence-corrected chi connectivity index (χ4v) is 4.01. The van der Waals surface area contributed by atoms with Crippen LogP contribution in [0.5, 0.6) is 0 Å². The minimum atomic E-state index is -3.60. The smallest absolute Gasteiger partial charge is 0.412 e. The molecule has 136 valence electrons. The maximum absolute atomic E-state index is 13.3. The van der Waals surface area contributed by atoms with Crippen molar-refractivity contribution in [1.82, 2.24) is 0 Å². The Morgan fingerprint density at radius 1 is 1.04 bits per heavy atom. The number of para-hydroxylation sites is 1. The van der Waals surface area contributed by atoms with Gasteiger partial charge in [0.25, 0.3) is 0 Å². The summed E-state index contributed by atoms with van der Waals surface area (Å²) in [5.41, 5.74) is -0.289. The van der Waals surface area contributed by atoms with Gasteiger partial charge in [0.05, 0.1) is 23.2 Å². The zero-order chi connectivity index (χ0) is 18.5. The van der Waals surface area contributed by atoms with E-state index in [1.165, 1.54) is 0 Å². The first-order valence-electron chi connectivity index (χ1n) is 7.99. The van der Waals surface area contributed by atoms with Crippen LogP contribution < -0.4 is 10.6 Å². The molecule has 0 aromatic heterocycles. The van der Waals surface area contributed by atoms with Crippen molar-refractivity contribution in [2.75, 3.05) is 5.32 Å². The summed E-state index contributed by atoms with van der Waals surface area (Å²) in [5, 5.41) is 2.93. The molecular weight excluding hydrogens is 329 g/mol. The van der Waals surface area contributed by atoms with Crippen molar-refractivity contribution in [1.29, 1.82) is 0 Å². The molecule has 0 aliphatic heterocycles. The minimum Gasteiger partial charge on any atom is -0.444 e. The number of rotatable bonds is 6. The predicted molar refractivity (Wildman–Crippen MR) is 96.0 cm³/mol. The number of nitrogens with one attached hydrogen (secondary N) is 1. The number of carbonyl (C=O) groups is 1. The maximum Gasteiger partial charge on any atom is 0.412 e. The van der Waals surface area contributed by atoms with Crippen LogP contribution in [0.1, 0.15) is 48.5 Å². The Labute approximate surface area is 144 Å². The molecule has 24 heavy (non-hydrogen) atoms. The molecule has 1 aromatic carbocycles. The Hall–Kier alpha value is -1.36. The molecule has 7 heteroatoms. The van der Waals surface area contributed by atoms with Gasteiger partial charge in [-0.15, -0.1) is 0 Å². The van der Waals surface area contributed by atoms with Crippen LogP contribution >= 0.6 is 7.60 Å². The van der Waals surface area contributed by atoms with E-state index in [0.717, 1.165) is 0 Å². The first kappa shape index (κ1) is 20.7. The van der Waals surface area contributed by atoms with Crippen LogP contribution in [0.25, 0.3) is 0 Å². The van der Waals surface area contributed by atoms with E-state index >= 15 is 0 Å². The van der Waals surface area contributed by atoms with E-state index in [-0.39, 0.29) is 12.2 Å². The number of carbonyl (C=O) groups excluding carboxylic acids is 1. The molecular formula is C17H28NO5P. The van der Waals surface area contributed by atoms with Gasteiger partial charge in [0.2, 0.25) is 0 Å². The molecule has 0 heterocycles. The van der Waals surface area contributed by atoms with Gasteiger partial charge in [0.1, 0.15) is 5.60 Å². The van der Waals surface area contributed by atoms with E-state index in [1.807, 2.05) is 0 Å². The number of hydrogen-bond acceptors (Lipinski definition) is 5. The van der Waals surface area contributed by atoms with E-state index in [4.69, 9.17) is 13.8 Å². The third kappa shape index (κ3) is 6.63. The average molecular weight is 357 g/mol. The average Bonchev–Trinajstić information content (AvgIpc) is 2.34. The molecule has 1 rings (SSSR count). The fraction of sp³-hybridized carbons (Fsp3) is 0.588. The zero-order valence-corrected chi connectivity index (χ0v) is 16.3. The lowest BCUT2D eigenvalue weighted by Gasteiger charge is -2.25. The quantitative estimate of drug-likeness (QED) is 0.747. The molecule has 0 fully saturated rings. The molecule has 1 N–H and O–H groups in total. The monoisotopic (exact) mass is 357 g/mol. The molecule has 0 aliphatic rings. The summed E-state index contributed by atoms with van der Waals surface area (Å²) in [6, 6.07) is 6.71. The van der Waals surface area contributed by atoms with Crippen LogP contribution in [0.3, 0.4) is 0 Å². The van der Waals surface area contributed by atoms with E-state index in [9.17, 15) is 9.36 Å². The Morgan fingerprint density at radius 2 is 1.54 bits per heavy atom. The van der Waals surface area contributed by atoms with Gasteiger partial charge >= 0.3 is 13.7 Å². The Morgan fingerprint density at radius 3 is 2.00 bits per heavy atom. The van der Waals surface area contributed by atoms with E-state index in [1.54, 1.807) is 72.7 Å². The third-order valence-corrected chi connectivity index (χ3v) is 4.91. The highest BCUT2D eigenvalue weighted by Gasteiger charge is 2.33. The van der Waals surface area contributed by atoms with Crippen molar-refractivity contribution in [3.63, 3.8) is 0 Å². The van der Waals surface area contributed by atoms with Crippen LogP contribution in [0.2, 0.25) is 0 Å². The van der Waals surface area contributed by atoms with Crippen molar-refractivity contribution < 1.29 is 23.1 Å². The van der Waals surface area contributed by atoms with E-state index in [0.29, 0.717) is 11.0 Å². The van der Waals surface area contributed by atoms with E-state index < -0.39 is 19.3 Å². The van der Waals surface area contributed by atoms with Crippen LogP contribution in [0.4, 0.5) is 10.5 Å². The summed E-state index contributed by atoms with van der Waals surface area (Å²) in [4.78, 5) is 12.0. The molecule has 0 aliphatic carbocycles. The lowest BCUT2D eigenvalue weighted by molar-refractivity contribution is 0.0636. The maximum atomic E-state index is 13.3. The summed E-state index contributed by atoms with van der Waals surface area (Å²) in [6.45, 7) is 12.4. The molecule has 0 saturated carbocycles. The van der Waals surface area contributed by atoms with Gasteiger partial charge < -0.3 is 13.8 Å². The summed E-state index contributed by atoms with van der Waals surface area (Å²) in [7, 11) is -3.60. The Kier molecular flexibility index (Phi) is 7.02. The molecule has 1 amide bonds. The molecule has 0 spiro atoms. The minimum absolute atomic E-state index is 0.302. The van der Waals surface area contributed by atoms with Gasteiger partial charge in [-0.25, -0.2) is 4.79 Å². The van der Waals surface area contributed by atoms with Crippen LogP contribution in [0.15, 0.2) is 24.3 Å². The second-order valence-corrected chi connectivity index (χ2v) is 8.85. The molecule has 6 nitrogen and oxygen atoms in total. The van der Waals surface area contributed by atoms with Crippen molar-refractivity contribution in [2.24, 2.45) is 0 Å². The fourth-order valence-electron chi connectivity index (χ4n) is 1.93. The highest BCUT2D eigenvalue weighted by atomic mass is 31.2. The first-order valence-corrected chi connectivity index (χ1v) is 9.53. The summed E-state index contributed by atoms with van der Waals surface area (Å²) >= 11 is 0. The SMILES string of the molecule is CC(C)OP(=O)(OC(C)C)c1ccccc1NC(=O)OC(C)(C)C. The summed E-state index contributed by atoms with van der Waals surface area (Å²) < 4.78 is 29.7.